The van der Waals surface area contributed by atoms with E-state index in [0.29, 0.717) is 27.2 Å². The van der Waals surface area contributed by atoms with Gasteiger partial charge in [-0.1, -0.05) is 23.2 Å². The number of nitrogens with zero attached hydrogens (tertiary/aromatic N) is 1. The van der Waals surface area contributed by atoms with Crippen molar-refractivity contribution in [1.82, 2.24) is 4.98 Å². The van der Waals surface area contributed by atoms with E-state index in [1.165, 1.54) is 32.7 Å². The molecule has 0 fully saturated rings. The highest BCUT2D eigenvalue weighted by Gasteiger charge is 2.15. The predicted molar refractivity (Wildman–Crippen MR) is 81.8 cm³/mol. The minimum absolute atomic E-state index is 0.258. The van der Waals surface area contributed by atoms with Crippen LogP contribution in [0.2, 0.25) is 10.0 Å². The molecule has 0 unspecified atom stereocenters. The Morgan fingerprint density at radius 2 is 1.86 bits per heavy atom. The molecule has 0 spiro atoms. The number of benzene rings is 1. The summed E-state index contributed by atoms with van der Waals surface area (Å²) in [6.45, 7) is 0. The third kappa shape index (κ3) is 3.37. The average Bonchev–Trinajstić information content (AvgIpc) is 2.48. The van der Waals surface area contributed by atoms with Crippen molar-refractivity contribution in [3.8, 4) is 11.5 Å². The molecule has 7 heteroatoms. The lowest BCUT2D eigenvalue weighted by Crippen LogP contribution is -2.13. The molecule has 1 N–H and O–H groups in total. The molecule has 1 heterocycles. The molecule has 5 nitrogen and oxygen atoms in total. The lowest BCUT2D eigenvalue weighted by Gasteiger charge is -2.13. The van der Waals surface area contributed by atoms with Crippen molar-refractivity contribution in [2.24, 2.45) is 0 Å². The first-order valence-corrected chi connectivity index (χ1v) is 6.64. The number of halogens is 2. The van der Waals surface area contributed by atoms with E-state index in [9.17, 15) is 4.79 Å². The van der Waals surface area contributed by atoms with E-state index in [0.717, 1.165) is 0 Å². The molecule has 1 amide bonds. The second-order valence-electron chi connectivity index (χ2n) is 4.00. The van der Waals surface area contributed by atoms with Gasteiger partial charge in [0, 0.05) is 18.5 Å². The van der Waals surface area contributed by atoms with E-state index < -0.39 is 5.91 Å². The van der Waals surface area contributed by atoms with Gasteiger partial charge in [-0.2, -0.15) is 0 Å². The monoisotopic (exact) mass is 326 g/mol. The number of hydrogen-bond donors (Lipinski definition) is 1. The number of rotatable bonds is 4. The summed E-state index contributed by atoms with van der Waals surface area (Å²) >= 11 is 12.0. The van der Waals surface area contributed by atoms with Gasteiger partial charge in [0.1, 0.15) is 11.5 Å². The van der Waals surface area contributed by atoms with Crippen LogP contribution in [-0.2, 0) is 0 Å². The Kier molecular flexibility index (Phi) is 4.88. The zero-order valence-electron chi connectivity index (χ0n) is 11.3. The van der Waals surface area contributed by atoms with E-state index in [2.05, 4.69) is 10.3 Å². The minimum atomic E-state index is -0.410. The number of carbonyl (C=O) groups excluding carboxylic acids is 1. The highest BCUT2D eigenvalue weighted by Crippen LogP contribution is 2.36. The van der Waals surface area contributed by atoms with E-state index in [4.69, 9.17) is 32.7 Å². The van der Waals surface area contributed by atoms with Crippen LogP contribution in [0.4, 0.5) is 5.69 Å². The maximum atomic E-state index is 12.2. The topological polar surface area (TPSA) is 60.5 Å². The largest absolute Gasteiger partial charge is 0.495 e. The number of aromatic nitrogens is 1. The number of nitrogens with one attached hydrogen (secondary N) is 1. The molecule has 2 rings (SSSR count). The van der Waals surface area contributed by atoms with Crippen molar-refractivity contribution in [3.63, 3.8) is 0 Å². The summed E-state index contributed by atoms with van der Waals surface area (Å²) < 4.78 is 10.3. The van der Waals surface area contributed by atoms with Crippen LogP contribution >= 0.6 is 23.2 Å². The maximum Gasteiger partial charge on any atom is 0.258 e. The number of anilines is 1. The number of methoxy groups -OCH3 is 2. The molecule has 0 saturated heterocycles. The highest BCUT2D eigenvalue weighted by atomic mass is 35.5. The van der Waals surface area contributed by atoms with Crippen LogP contribution in [-0.4, -0.2) is 25.1 Å². The molecule has 0 aliphatic heterocycles. The molecule has 0 bridgehead atoms. The van der Waals surface area contributed by atoms with Crippen molar-refractivity contribution in [2.45, 2.75) is 0 Å². The van der Waals surface area contributed by atoms with Crippen molar-refractivity contribution < 1.29 is 14.3 Å². The second-order valence-corrected chi connectivity index (χ2v) is 4.81. The van der Waals surface area contributed by atoms with Gasteiger partial charge in [-0.25, -0.2) is 0 Å². The SMILES string of the molecule is COc1cc(OC)c(NC(=O)c2cnccc2Cl)cc1Cl. The van der Waals surface area contributed by atoms with Crippen LogP contribution in [0.3, 0.4) is 0 Å². The van der Waals surface area contributed by atoms with Crippen molar-refractivity contribution in [2.75, 3.05) is 19.5 Å². The number of amides is 1. The molecule has 0 aliphatic carbocycles. The lowest BCUT2D eigenvalue weighted by atomic mass is 10.2. The smallest absolute Gasteiger partial charge is 0.258 e. The molecule has 2 aromatic rings. The molecule has 110 valence electrons. The molecule has 1 aromatic heterocycles. The fraction of sp³-hybridized carbons (Fsp3) is 0.143. The summed E-state index contributed by atoms with van der Waals surface area (Å²) in [7, 11) is 2.98. The Balaban J connectivity index is 2.33. The standard InChI is InChI=1S/C14H12Cl2N2O3/c1-20-12-6-13(21-2)11(5-10(12)16)18-14(19)8-7-17-4-3-9(8)15/h3-7H,1-2H3,(H,18,19). The van der Waals surface area contributed by atoms with Gasteiger partial charge in [-0.15, -0.1) is 0 Å². The Labute approximate surface area is 131 Å². The summed E-state index contributed by atoms with van der Waals surface area (Å²) in [6.07, 6.45) is 2.89. The Morgan fingerprint density at radius 1 is 1.14 bits per heavy atom. The molecule has 0 radical (unpaired) electrons. The Morgan fingerprint density at radius 3 is 2.48 bits per heavy atom. The number of hydrogen-bond acceptors (Lipinski definition) is 4. The van der Waals surface area contributed by atoms with Gasteiger partial charge >= 0.3 is 0 Å². The predicted octanol–water partition coefficient (Wildman–Crippen LogP) is 3.66. The summed E-state index contributed by atoms with van der Waals surface area (Å²) in [5.74, 6) is 0.461. The summed E-state index contributed by atoms with van der Waals surface area (Å²) in [5.41, 5.74) is 0.668. The third-order valence-electron chi connectivity index (χ3n) is 2.73. The third-order valence-corrected chi connectivity index (χ3v) is 3.36. The summed E-state index contributed by atoms with van der Waals surface area (Å²) in [5, 5.41) is 3.34. The zero-order chi connectivity index (χ0) is 15.4. The molecule has 21 heavy (non-hydrogen) atoms. The van der Waals surface area contributed by atoms with Crippen LogP contribution in [0.5, 0.6) is 11.5 Å². The van der Waals surface area contributed by atoms with Crippen LogP contribution < -0.4 is 14.8 Å². The van der Waals surface area contributed by atoms with E-state index in [1.807, 2.05) is 0 Å². The van der Waals surface area contributed by atoms with Crippen molar-refractivity contribution in [3.05, 3.63) is 46.2 Å². The summed E-state index contributed by atoms with van der Waals surface area (Å²) in [4.78, 5) is 16.1. The van der Waals surface area contributed by atoms with Crippen LogP contribution in [0, 0.1) is 0 Å². The van der Waals surface area contributed by atoms with Crippen LogP contribution in [0.15, 0.2) is 30.6 Å². The first-order chi connectivity index (χ1) is 10.1. The van der Waals surface area contributed by atoms with Gasteiger partial charge < -0.3 is 14.8 Å². The molecule has 0 atom stereocenters. The van der Waals surface area contributed by atoms with E-state index in [1.54, 1.807) is 12.1 Å². The van der Waals surface area contributed by atoms with Crippen LogP contribution in [0.25, 0.3) is 0 Å². The number of pyridine rings is 1. The zero-order valence-corrected chi connectivity index (χ0v) is 12.8. The average molecular weight is 327 g/mol. The number of ether oxygens (including phenoxy) is 2. The lowest BCUT2D eigenvalue weighted by molar-refractivity contribution is 0.102. The fourth-order valence-corrected chi connectivity index (χ4v) is 2.12. The van der Waals surface area contributed by atoms with Gasteiger partial charge in [0.2, 0.25) is 0 Å². The van der Waals surface area contributed by atoms with Gasteiger partial charge in [-0.05, 0) is 12.1 Å². The normalized spacial score (nSPS) is 10.1. The van der Waals surface area contributed by atoms with Crippen molar-refractivity contribution in [1.29, 1.82) is 0 Å². The number of carbonyl (C=O) groups is 1. The summed E-state index contributed by atoms with van der Waals surface area (Å²) in [6, 6.07) is 4.67. The van der Waals surface area contributed by atoms with Gasteiger partial charge in [0.25, 0.3) is 5.91 Å². The van der Waals surface area contributed by atoms with Gasteiger partial charge in [0.05, 0.1) is 35.5 Å². The quantitative estimate of drug-likeness (QED) is 0.931. The fourth-order valence-electron chi connectivity index (χ4n) is 1.69. The van der Waals surface area contributed by atoms with Gasteiger partial charge in [0.15, 0.2) is 0 Å². The van der Waals surface area contributed by atoms with Crippen molar-refractivity contribution >= 4 is 34.8 Å². The molecular weight excluding hydrogens is 315 g/mol. The van der Waals surface area contributed by atoms with E-state index >= 15 is 0 Å². The first-order valence-electron chi connectivity index (χ1n) is 5.89. The van der Waals surface area contributed by atoms with Gasteiger partial charge in [-0.3, -0.25) is 9.78 Å². The molecule has 1 aromatic carbocycles. The van der Waals surface area contributed by atoms with E-state index in [-0.39, 0.29) is 5.56 Å². The molecule has 0 aliphatic rings. The Bertz CT molecular complexity index is 677. The second kappa shape index (κ2) is 6.65. The minimum Gasteiger partial charge on any atom is -0.495 e. The highest BCUT2D eigenvalue weighted by molar-refractivity contribution is 6.34. The van der Waals surface area contributed by atoms with Crippen LogP contribution in [0.1, 0.15) is 10.4 Å². The maximum absolute atomic E-state index is 12.2. The molecule has 0 saturated carbocycles. The molecular formula is C14H12Cl2N2O3. The Hall–Kier alpha value is -1.98. The first kappa shape index (κ1) is 15.4.